The van der Waals surface area contributed by atoms with Crippen molar-refractivity contribution in [2.75, 3.05) is 6.61 Å². The van der Waals surface area contributed by atoms with Crippen molar-refractivity contribution in [1.82, 2.24) is 5.48 Å². The van der Waals surface area contributed by atoms with Crippen molar-refractivity contribution in [2.24, 2.45) is 11.8 Å². The molecule has 1 heterocycles. The fourth-order valence-electron chi connectivity index (χ4n) is 2.14. The van der Waals surface area contributed by atoms with E-state index < -0.39 is 0 Å². The molecule has 2 rings (SSSR count). The molecule has 1 N–H and O–H groups in total. The van der Waals surface area contributed by atoms with Gasteiger partial charge in [0.05, 0.1) is 11.5 Å². The van der Waals surface area contributed by atoms with Gasteiger partial charge in [0.15, 0.2) is 0 Å². The van der Waals surface area contributed by atoms with Gasteiger partial charge >= 0.3 is 0 Å². The van der Waals surface area contributed by atoms with Crippen LogP contribution in [0.3, 0.4) is 0 Å². The number of fused-ring (bicyclic) bond motifs is 1. The van der Waals surface area contributed by atoms with Crippen LogP contribution >= 0.6 is 11.3 Å². The topological polar surface area (TPSA) is 38.3 Å². The predicted octanol–water partition coefficient (Wildman–Crippen LogP) is 3.19. The molecule has 3 nitrogen and oxygen atoms in total. The second-order valence-electron chi connectivity index (χ2n) is 5.54. The highest BCUT2D eigenvalue weighted by atomic mass is 32.1. The van der Waals surface area contributed by atoms with Gasteiger partial charge in [0.2, 0.25) is 0 Å². The fraction of sp³-hybridized carbons (Fsp3) is 0.643. The molecule has 1 unspecified atom stereocenters. The molecule has 0 spiro atoms. The molecular weight excluding hydrogens is 246 g/mol. The summed E-state index contributed by atoms with van der Waals surface area (Å²) in [5.41, 5.74) is 3.88. The zero-order valence-electron chi connectivity index (χ0n) is 11.3. The number of carbonyl (C=O) groups excluding carboxylic acids is 1. The summed E-state index contributed by atoms with van der Waals surface area (Å²) in [7, 11) is 0. The first-order valence-corrected chi connectivity index (χ1v) is 7.41. The molecule has 1 aliphatic rings. The standard InChI is InChI=1S/C14H21NO2S/c1-9(2)8-17-15-14(16)13-7-11-6-10(3)4-5-12(11)18-13/h7,9-10H,4-6,8H2,1-3H3,(H,15,16). The van der Waals surface area contributed by atoms with Gasteiger partial charge in [0.25, 0.3) is 5.91 Å². The Morgan fingerprint density at radius 1 is 1.61 bits per heavy atom. The quantitative estimate of drug-likeness (QED) is 0.851. The lowest BCUT2D eigenvalue weighted by atomic mass is 9.90. The zero-order valence-corrected chi connectivity index (χ0v) is 12.1. The van der Waals surface area contributed by atoms with Crippen molar-refractivity contribution in [3.05, 3.63) is 21.4 Å². The molecule has 18 heavy (non-hydrogen) atoms. The van der Waals surface area contributed by atoms with E-state index in [1.165, 1.54) is 16.9 Å². The van der Waals surface area contributed by atoms with Crippen LogP contribution in [0.1, 0.15) is 47.3 Å². The van der Waals surface area contributed by atoms with Crippen LogP contribution in [-0.4, -0.2) is 12.5 Å². The Labute approximate surface area is 112 Å². The molecule has 0 bridgehead atoms. The summed E-state index contributed by atoms with van der Waals surface area (Å²) >= 11 is 1.61. The number of amides is 1. The molecule has 0 fully saturated rings. The third-order valence-corrected chi connectivity index (χ3v) is 4.37. The molecule has 4 heteroatoms. The van der Waals surface area contributed by atoms with Gasteiger partial charge in [-0.2, -0.15) is 0 Å². The van der Waals surface area contributed by atoms with Crippen LogP contribution < -0.4 is 5.48 Å². The van der Waals surface area contributed by atoms with Crippen molar-refractivity contribution in [3.63, 3.8) is 0 Å². The van der Waals surface area contributed by atoms with Crippen molar-refractivity contribution in [3.8, 4) is 0 Å². The highest BCUT2D eigenvalue weighted by Crippen LogP contribution is 2.32. The second kappa shape index (κ2) is 5.85. The van der Waals surface area contributed by atoms with E-state index in [1.54, 1.807) is 11.3 Å². The zero-order chi connectivity index (χ0) is 13.1. The van der Waals surface area contributed by atoms with Crippen LogP contribution in [0.25, 0.3) is 0 Å². The summed E-state index contributed by atoms with van der Waals surface area (Å²) in [6, 6.07) is 2.03. The fourth-order valence-corrected chi connectivity index (χ4v) is 3.24. The summed E-state index contributed by atoms with van der Waals surface area (Å²) in [6.45, 7) is 6.93. The van der Waals surface area contributed by atoms with Gasteiger partial charge in [-0.3, -0.25) is 9.63 Å². The highest BCUT2D eigenvalue weighted by Gasteiger charge is 2.20. The van der Waals surface area contributed by atoms with Crippen molar-refractivity contribution >= 4 is 17.2 Å². The Morgan fingerprint density at radius 3 is 3.11 bits per heavy atom. The minimum absolute atomic E-state index is 0.109. The molecule has 0 saturated heterocycles. The first-order valence-electron chi connectivity index (χ1n) is 6.60. The Morgan fingerprint density at radius 2 is 2.39 bits per heavy atom. The number of hydrogen-bond acceptors (Lipinski definition) is 3. The maximum Gasteiger partial charge on any atom is 0.284 e. The maximum atomic E-state index is 11.9. The van der Waals surface area contributed by atoms with E-state index in [0.717, 1.165) is 23.6 Å². The second-order valence-corrected chi connectivity index (χ2v) is 6.68. The lowest BCUT2D eigenvalue weighted by Gasteiger charge is -2.16. The van der Waals surface area contributed by atoms with E-state index in [0.29, 0.717) is 12.5 Å². The van der Waals surface area contributed by atoms with E-state index >= 15 is 0 Å². The minimum Gasteiger partial charge on any atom is -0.273 e. The first kappa shape index (κ1) is 13.6. The van der Waals surface area contributed by atoms with Gasteiger partial charge < -0.3 is 0 Å². The molecule has 0 radical (unpaired) electrons. The molecular formula is C14H21NO2S. The SMILES string of the molecule is CC(C)CONC(=O)c1cc2c(s1)CCC(C)C2. The number of hydrogen-bond donors (Lipinski definition) is 1. The van der Waals surface area contributed by atoms with Crippen LogP contribution in [-0.2, 0) is 17.7 Å². The average Bonchev–Trinajstić information content (AvgIpc) is 2.71. The van der Waals surface area contributed by atoms with Crippen molar-refractivity contribution < 1.29 is 9.63 Å². The number of hydroxylamine groups is 1. The van der Waals surface area contributed by atoms with Gasteiger partial charge in [-0.15, -0.1) is 11.3 Å². The summed E-state index contributed by atoms with van der Waals surface area (Å²) in [5, 5.41) is 0. The number of thiophene rings is 1. The summed E-state index contributed by atoms with van der Waals surface area (Å²) in [5.74, 6) is 1.05. The van der Waals surface area contributed by atoms with Crippen LogP contribution in [0.2, 0.25) is 0 Å². The number of aryl methyl sites for hydroxylation is 1. The molecule has 1 amide bonds. The molecule has 0 saturated carbocycles. The maximum absolute atomic E-state index is 11.9. The van der Waals surface area contributed by atoms with E-state index in [2.05, 4.69) is 26.3 Å². The Balaban J connectivity index is 1.95. The average molecular weight is 267 g/mol. The van der Waals surface area contributed by atoms with Crippen molar-refractivity contribution in [2.45, 2.75) is 40.0 Å². The van der Waals surface area contributed by atoms with E-state index in [1.807, 2.05) is 6.07 Å². The lowest BCUT2D eigenvalue weighted by Crippen LogP contribution is -2.24. The van der Waals surface area contributed by atoms with Crippen LogP contribution in [0.5, 0.6) is 0 Å². The van der Waals surface area contributed by atoms with E-state index in [9.17, 15) is 4.79 Å². The molecule has 0 aromatic carbocycles. The third-order valence-electron chi connectivity index (χ3n) is 3.13. The van der Waals surface area contributed by atoms with Gasteiger partial charge in [-0.25, -0.2) is 5.48 Å². The van der Waals surface area contributed by atoms with Gasteiger partial charge in [0.1, 0.15) is 0 Å². The van der Waals surface area contributed by atoms with Gasteiger partial charge in [0, 0.05) is 4.88 Å². The van der Waals surface area contributed by atoms with Crippen LogP contribution in [0.15, 0.2) is 6.07 Å². The minimum atomic E-state index is -0.109. The Hall–Kier alpha value is -0.870. The highest BCUT2D eigenvalue weighted by molar-refractivity contribution is 7.14. The number of rotatable bonds is 4. The largest absolute Gasteiger partial charge is 0.284 e. The monoisotopic (exact) mass is 267 g/mol. The van der Waals surface area contributed by atoms with E-state index in [4.69, 9.17) is 4.84 Å². The molecule has 1 aromatic heterocycles. The summed E-state index contributed by atoms with van der Waals surface area (Å²) in [6.07, 6.45) is 3.45. The van der Waals surface area contributed by atoms with E-state index in [-0.39, 0.29) is 5.91 Å². The lowest BCUT2D eigenvalue weighted by molar-refractivity contribution is 0.0212. The van der Waals surface area contributed by atoms with Gasteiger partial charge in [-0.1, -0.05) is 20.8 Å². The third kappa shape index (κ3) is 3.33. The molecule has 1 aliphatic carbocycles. The van der Waals surface area contributed by atoms with Crippen molar-refractivity contribution in [1.29, 1.82) is 0 Å². The number of carbonyl (C=O) groups is 1. The number of nitrogens with one attached hydrogen (secondary N) is 1. The summed E-state index contributed by atoms with van der Waals surface area (Å²) < 4.78 is 0. The van der Waals surface area contributed by atoms with Gasteiger partial charge in [-0.05, 0) is 42.7 Å². The molecule has 0 aliphatic heterocycles. The molecule has 100 valence electrons. The predicted molar refractivity (Wildman–Crippen MR) is 73.8 cm³/mol. The normalized spacial score (nSPS) is 18.8. The first-order chi connectivity index (χ1) is 8.56. The Kier molecular flexibility index (Phi) is 4.40. The van der Waals surface area contributed by atoms with Crippen LogP contribution in [0, 0.1) is 11.8 Å². The molecule has 1 aromatic rings. The van der Waals surface area contributed by atoms with Crippen LogP contribution in [0.4, 0.5) is 0 Å². The smallest absolute Gasteiger partial charge is 0.273 e. The Bertz CT molecular complexity index is 425. The summed E-state index contributed by atoms with van der Waals surface area (Å²) in [4.78, 5) is 19.2. The molecule has 1 atom stereocenters.